The number of amides is 1. The van der Waals surface area contributed by atoms with E-state index in [0.29, 0.717) is 13.0 Å². The van der Waals surface area contributed by atoms with Gasteiger partial charge in [0.25, 0.3) is 0 Å². The van der Waals surface area contributed by atoms with E-state index in [2.05, 4.69) is 5.32 Å². The van der Waals surface area contributed by atoms with Crippen molar-refractivity contribution in [2.45, 2.75) is 50.0 Å². The second kappa shape index (κ2) is 11.6. The van der Waals surface area contributed by atoms with Gasteiger partial charge in [-0.15, -0.1) is 0 Å². The zero-order valence-electron chi connectivity index (χ0n) is 18.1. The Labute approximate surface area is 192 Å². The van der Waals surface area contributed by atoms with Gasteiger partial charge in [-0.2, -0.15) is 0 Å². The topological polar surface area (TPSA) is 116 Å². The van der Waals surface area contributed by atoms with Gasteiger partial charge >= 0.3 is 6.09 Å². The van der Waals surface area contributed by atoms with Gasteiger partial charge in [-0.05, 0) is 12.0 Å². The highest BCUT2D eigenvalue weighted by molar-refractivity contribution is 5.67. The van der Waals surface area contributed by atoms with Crippen molar-refractivity contribution in [2.75, 3.05) is 19.8 Å². The molecule has 0 radical (unpaired) electrons. The molecule has 4 rings (SSSR count). The highest BCUT2D eigenvalue weighted by atomic mass is 16.8. The quantitative estimate of drug-likeness (QED) is 0.513. The monoisotopic (exact) mass is 459 g/mol. The van der Waals surface area contributed by atoms with E-state index in [-0.39, 0.29) is 19.8 Å². The third-order valence-electron chi connectivity index (χ3n) is 5.49. The number of hydrogen-bond acceptors (Lipinski definition) is 8. The van der Waals surface area contributed by atoms with E-state index in [1.807, 2.05) is 60.7 Å². The first-order valence-electron chi connectivity index (χ1n) is 11.0. The van der Waals surface area contributed by atoms with Crippen molar-refractivity contribution in [3.05, 3.63) is 71.8 Å². The van der Waals surface area contributed by atoms with Gasteiger partial charge in [0.1, 0.15) is 31.0 Å². The number of nitrogens with one attached hydrogen (secondary N) is 1. The molecule has 33 heavy (non-hydrogen) atoms. The van der Waals surface area contributed by atoms with E-state index in [1.165, 1.54) is 0 Å². The summed E-state index contributed by atoms with van der Waals surface area (Å²) in [5, 5.41) is 23.7. The van der Waals surface area contributed by atoms with Crippen molar-refractivity contribution >= 4 is 6.09 Å². The molecule has 0 bridgehead atoms. The van der Waals surface area contributed by atoms with Crippen molar-refractivity contribution in [1.29, 1.82) is 0 Å². The lowest BCUT2D eigenvalue weighted by molar-refractivity contribution is -0.361. The largest absolute Gasteiger partial charge is 0.445 e. The molecule has 1 amide bonds. The van der Waals surface area contributed by atoms with Gasteiger partial charge in [0.2, 0.25) is 0 Å². The lowest BCUT2D eigenvalue weighted by atomic mass is 9.98. The third-order valence-corrected chi connectivity index (χ3v) is 5.49. The summed E-state index contributed by atoms with van der Waals surface area (Å²) in [6, 6.07) is 18.8. The number of aliphatic hydroxyl groups excluding tert-OH is 2. The minimum Gasteiger partial charge on any atom is -0.445 e. The summed E-state index contributed by atoms with van der Waals surface area (Å²) in [5.41, 5.74) is 1.73. The Hall–Kier alpha value is -2.53. The highest BCUT2D eigenvalue weighted by Gasteiger charge is 2.49. The number of rotatable bonds is 8. The Balaban J connectivity index is 1.16. The number of hydrogen-bond donors (Lipinski definition) is 3. The van der Waals surface area contributed by atoms with Crippen molar-refractivity contribution in [3.8, 4) is 0 Å². The molecule has 2 aliphatic rings. The third kappa shape index (κ3) is 6.29. The fourth-order valence-corrected chi connectivity index (χ4v) is 3.73. The average molecular weight is 459 g/mol. The van der Waals surface area contributed by atoms with Crippen LogP contribution in [0.25, 0.3) is 0 Å². The van der Waals surface area contributed by atoms with Crippen LogP contribution in [-0.4, -0.2) is 66.8 Å². The van der Waals surface area contributed by atoms with Crippen LogP contribution in [-0.2, 0) is 30.3 Å². The van der Waals surface area contributed by atoms with Crippen LogP contribution in [0.5, 0.6) is 0 Å². The molecule has 3 unspecified atom stereocenters. The van der Waals surface area contributed by atoms with Crippen LogP contribution in [0, 0.1) is 0 Å². The molecule has 6 atom stereocenters. The van der Waals surface area contributed by atoms with Gasteiger partial charge in [0, 0.05) is 12.1 Å². The maximum Gasteiger partial charge on any atom is 0.407 e. The maximum absolute atomic E-state index is 11.8. The Morgan fingerprint density at radius 1 is 1.00 bits per heavy atom. The molecule has 0 saturated carbocycles. The lowest BCUT2D eigenvalue weighted by Gasteiger charge is -2.46. The van der Waals surface area contributed by atoms with Gasteiger partial charge in [-0.3, -0.25) is 0 Å². The number of alkyl carbamates (subject to hydrolysis) is 1. The molecule has 9 heteroatoms. The summed E-state index contributed by atoms with van der Waals surface area (Å²) in [5.74, 6) is 0. The number of fused-ring (bicyclic) bond motifs is 1. The molecule has 3 N–H and O–H groups in total. The predicted octanol–water partition coefficient (Wildman–Crippen LogP) is 1.88. The predicted molar refractivity (Wildman–Crippen MR) is 116 cm³/mol. The number of benzene rings is 2. The standard InChI is InChI=1S/C24H29NO8/c26-19-20(27)23(29-13-7-12-25-24(28)31-14-16-8-3-1-4-9-16)32-18-15-30-22(33-21(18)19)17-10-5-2-6-11-17/h1-6,8-11,18-23,26-27H,7,12-15H2,(H,25,28)/t18?,19-,20?,21-,22?,23+/m0/s1. The fourth-order valence-electron chi connectivity index (χ4n) is 3.73. The Kier molecular flexibility index (Phi) is 8.27. The summed E-state index contributed by atoms with van der Waals surface area (Å²) >= 11 is 0. The van der Waals surface area contributed by atoms with Crippen molar-refractivity contribution in [3.63, 3.8) is 0 Å². The highest BCUT2D eigenvalue weighted by Crippen LogP contribution is 2.34. The van der Waals surface area contributed by atoms with E-state index < -0.39 is 43.1 Å². The Morgan fingerprint density at radius 3 is 2.48 bits per heavy atom. The van der Waals surface area contributed by atoms with Gasteiger partial charge in [0.15, 0.2) is 12.6 Å². The Bertz CT molecular complexity index is 865. The number of ether oxygens (including phenoxy) is 5. The Morgan fingerprint density at radius 2 is 1.73 bits per heavy atom. The fraction of sp³-hybridized carbons (Fsp3) is 0.458. The molecule has 0 aliphatic carbocycles. The van der Waals surface area contributed by atoms with E-state index in [0.717, 1.165) is 11.1 Å². The van der Waals surface area contributed by atoms with E-state index in [1.54, 1.807) is 0 Å². The first kappa shape index (κ1) is 23.6. The second-order valence-electron chi connectivity index (χ2n) is 7.91. The second-order valence-corrected chi connectivity index (χ2v) is 7.91. The van der Waals surface area contributed by atoms with Crippen LogP contribution in [0.3, 0.4) is 0 Å². The maximum atomic E-state index is 11.8. The summed E-state index contributed by atoms with van der Waals surface area (Å²) < 4.78 is 28.1. The van der Waals surface area contributed by atoms with Crippen LogP contribution >= 0.6 is 0 Å². The van der Waals surface area contributed by atoms with Crippen LogP contribution < -0.4 is 5.32 Å². The normalized spacial score (nSPS) is 29.2. The van der Waals surface area contributed by atoms with Crippen LogP contribution in [0.15, 0.2) is 60.7 Å². The van der Waals surface area contributed by atoms with E-state index in [9.17, 15) is 15.0 Å². The molecule has 178 valence electrons. The molecule has 9 nitrogen and oxygen atoms in total. The molecular weight excluding hydrogens is 430 g/mol. The molecular formula is C24H29NO8. The SMILES string of the molecule is O=C(NCCCO[C@@H]1OC2COC(c3ccccc3)O[C@@H]2[C@@H](O)C1O)OCc1ccccc1. The molecule has 2 heterocycles. The minimum absolute atomic E-state index is 0.195. The van der Waals surface area contributed by atoms with E-state index in [4.69, 9.17) is 23.7 Å². The van der Waals surface area contributed by atoms with Crippen LogP contribution in [0.4, 0.5) is 4.79 Å². The van der Waals surface area contributed by atoms with Crippen molar-refractivity contribution < 1.29 is 38.7 Å². The lowest BCUT2D eigenvalue weighted by Crippen LogP contribution is -2.62. The van der Waals surface area contributed by atoms with Gasteiger partial charge in [-0.1, -0.05) is 60.7 Å². The summed E-state index contributed by atoms with van der Waals surface area (Å²) in [6.45, 7) is 0.929. The van der Waals surface area contributed by atoms with E-state index >= 15 is 0 Å². The number of carbonyl (C=O) groups is 1. The number of carbonyl (C=O) groups excluding carboxylic acids is 1. The summed E-state index contributed by atoms with van der Waals surface area (Å²) in [6.07, 6.45) is -5.47. The average Bonchev–Trinajstić information content (AvgIpc) is 2.86. The molecule has 2 fully saturated rings. The molecule has 0 aromatic heterocycles. The summed E-state index contributed by atoms with van der Waals surface area (Å²) in [4.78, 5) is 11.8. The first-order chi connectivity index (χ1) is 16.1. The molecule has 2 aliphatic heterocycles. The molecule has 2 aromatic carbocycles. The molecule has 2 saturated heterocycles. The zero-order chi connectivity index (χ0) is 23.0. The molecule has 2 aromatic rings. The minimum atomic E-state index is -1.27. The first-order valence-corrected chi connectivity index (χ1v) is 11.0. The van der Waals surface area contributed by atoms with Crippen molar-refractivity contribution in [2.24, 2.45) is 0 Å². The number of aliphatic hydroxyl groups is 2. The van der Waals surface area contributed by atoms with Gasteiger partial charge in [0.05, 0.1) is 13.2 Å². The summed E-state index contributed by atoms with van der Waals surface area (Å²) in [7, 11) is 0. The zero-order valence-corrected chi connectivity index (χ0v) is 18.1. The van der Waals surface area contributed by atoms with Gasteiger partial charge < -0.3 is 39.2 Å². The van der Waals surface area contributed by atoms with Gasteiger partial charge in [-0.25, -0.2) is 4.79 Å². The smallest absolute Gasteiger partial charge is 0.407 e. The molecule has 0 spiro atoms. The van der Waals surface area contributed by atoms with Crippen molar-refractivity contribution in [1.82, 2.24) is 5.32 Å². The van der Waals surface area contributed by atoms with Crippen LogP contribution in [0.2, 0.25) is 0 Å². The van der Waals surface area contributed by atoms with Crippen LogP contribution in [0.1, 0.15) is 23.8 Å².